The van der Waals surface area contributed by atoms with E-state index < -0.39 is 19.2 Å². The van der Waals surface area contributed by atoms with E-state index >= 15 is 0 Å². The van der Waals surface area contributed by atoms with Crippen LogP contribution in [0.1, 0.15) is 31.4 Å². The van der Waals surface area contributed by atoms with Crippen molar-refractivity contribution in [1.82, 2.24) is 5.32 Å². The van der Waals surface area contributed by atoms with Crippen LogP contribution in [0.5, 0.6) is 5.75 Å². The Bertz CT molecular complexity index is 391. The highest BCUT2D eigenvalue weighted by Gasteiger charge is 2.25. The quantitative estimate of drug-likeness (QED) is 0.599. The lowest BCUT2D eigenvalue weighted by Gasteiger charge is -2.15. The third-order valence-electron chi connectivity index (χ3n) is 2.69. The molecule has 1 aromatic carbocycles. The number of halogens is 5. The van der Waals surface area contributed by atoms with E-state index in [1.807, 2.05) is 0 Å². The molecule has 7 heteroatoms. The Labute approximate surface area is 113 Å². The molecule has 1 rings (SSSR count). The minimum absolute atomic E-state index is 0.000414. The van der Waals surface area contributed by atoms with Crippen LogP contribution >= 0.6 is 0 Å². The first-order valence-electron chi connectivity index (χ1n) is 6.13. The predicted molar refractivity (Wildman–Crippen MR) is 64.8 cm³/mol. The third-order valence-corrected chi connectivity index (χ3v) is 2.69. The van der Waals surface area contributed by atoms with Crippen molar-refractivity contribution in [3.05, 3.63) is 29.8 Å². The number of rotatable bonds is 7. The topological polar surface area (TPSA) is 21.3 Å². The van der Waals surface area contributed by atoms with Crippen LogP contribution in [0.15, 0.2) is 24.3 Å². The number of ether oxygens (including phenoxy) is 1. The van der Waals surface area contributed by atoms with Crippen molar-refractivity contribution in [3.63, 3.8) is 0 Å². The summed E-state index contributed by atoms with van der Waals surface area (Å²) < 4.78 is 64.0. The molecule has 0 bridgehead atoms. The van der Waals surface area contributed by atoms with E-state index in [9.17, 15) is 22.0 Å². The van der Waals surface area contributed by atoms with Gasteiger partial charge in [0.2, 0.25) is 0 Å². The molecule has 114 valence electrons. The van der Waals surface area contributed by atoms with Crippen LogP contribution in [0.25, 0.3) is 0 Å². The zero-order chi connectivity index (χ0) is 15.2. The van der Waals surface area contributed by atoms with Gasteiger partial charge in [-0.3, -0.25) is 0 Å². The third kappa shape index (κ3) is 6.70. The molecule has 0 aliphatic rings. The SMILES string of the molecule is CC(NCCCC(F)(F)F)c1ccc(OC(F)F)cc1. The van der Waals surface area contributed by atoms with Crippen LogP contribution in [0, 0.1) is 0 Å². The van der Waals surface area contributed by atoms with E-state index in [0.717, 1.165) is 5.56 Å². The average Bonchev–Trinajstić information content (AvgIpc) is 2.33. The second-order valence-corrected chi connectivity index (χ2v) is 4.34. The van der Waals surface area contributed by atoms with Crippen molar-refractivity contribution in [2.45, 2.75) is 38.6 Å². The van der Waals surface area contributed by atoms with Crippen LogP contribution in [0.4, 0.5) is 22.0 Å². The molecule has 2 nitrogen and oxygen atoms in total. The lowest BCUT2D eigenvalue weighted by atomic mass is 10.1. The van der Waals surface area contributed by atoms with Gasteiger partial charge in [-0.05, 0) is 37.6 Å². The summed E-state index contributed by atoms with van der Waals surface area (Å²) in [6.07, 6.45) is -4.96. The highest BCUT2D eigenvalue weighted by atomic mass is 19.4. The van der Waals surface area contributed by atoms with Gasteiger partial charge in [-0.1, -0.05) is 12.1 Å². The number of hydrogen-bond donors (Lipinski definition) is 1. The highest BCUT2D eigenvalue weighted by Crippen LogP contribution is 2.22. The Hall–Kier alpha value is -1.37. The number of nitrogens with one attached hydrogen (secondary N) is 1. The molecule has 0 aliphatic carbocycles. The van der Waals surface area contributed by atoms with Gasteiger partial charge in [0.15, 0.2) is 0 Å². The zero-order valence-electron chi connectivity index (χ0n) is 10.9. The van der Waals surface area contributed by atoms with Gasteiger partial charge in [-0.25, -0.2) is 0 Å². The summed E-state index contributed by atoms with van der Waals surface area (Å²) in [6.45, 7) is -0.856. The van der Waals surface area contributed by atoms with Gasteiger partial charge >= 0.3 is 12.8 Å². The second kappa shape index (κ2) is 7.42. The van der Waals surface area contributed by atoms with Gasteiger partial charge in [-0.2, -0.15) is 22.0 Å². The first-order chi connectivity index (χ1) is 9.28. The molecule has 0 radical (unpaired) electrons. The van der Waals surface area contributed by atoms with Crippen molar-refractivity contribution in [2.75, 3.05) is 6.54 Å². The van der Waals surface area contributed by atoms with Crippen molar-refractivity contribution in [1.29, 1.82) is 0 Å². The van der Waals surface area contributed by atoms with E-state index in [2.05, 4.69) is 10.1 Å². The summed E-state index contributed by atoms with van der Waals surface area (Å²) in [5.74, 6) is 0.0491. The molecular weight excluding hydrogens is 281 g/mol. The lowest BCUT2D eigenvalue weighted by Crippen LogP contribution is -2.21. The molecule has 0 aromatic heterocycles. The second-order valence-electron chi connectivity index (χ2n) is 4.34. The Morgan fingerprint density at radius 3 is 2.25 bits per heavy atom. The van der Waals surface area contributed by atoms with Gasteiger partial charge < -0.3 is 10.1 Å². The summed E-state index contributed by atoms with van der Waals surface area (Å²) in [5, 5.41) is 2.94. The van der Waals surface area contributed by atoms with E-state index in [1.165, 1.54) is 12.1 Å². The monoisotopic (exact) mass is 297 g/mol. The summed E-state index contributed by atoms with van der Waals surface area (Å²) in [4.78, 5) is 0. The largest absolute Gasteiger partial charge is 0.435 e. The number of alkyl halides is 5. The predicted octanol–water partition coefficient (Wildman–Crippen LogP) is 4.28. The molecule has 0 saturated heterocycles. The van der Waals surface area contributed by atoms with E-state index in [0.29, 0.717) is 0 Å². The van der Waals surface area contributed by atoms with Crippen LogP contribution in [0.2, 0.25) is 0 Å². The molecule has 0 amide bonds. The van der Waals surface area contributed by atoms with Gasteiger partial charge in [0, 0.05) is 12.5 Å². The van der Waals surface area contributed by atoms with E-state index in [1.54, 1.807) is 19.1 Å². The maximum Gasteiger partial charge on any atom is 0.389 e. The number of hydrogen-bond acceptors (Lipinski definition) is 2. The van der Waals surface area contributed by atoms with Crippen LogP contribution < -0.4 is 10.1 Å². The standard InChI is InChI=1S/C13H16F5NO/c1-9(19-8-2-7-13(16,17)18)10-3-5-11(6-4-10)20-12(14)15/h3-6,9,12,19H,2,7-8H2,1H3. The molecule has 0 heterocycles. The molecule has 1 atom stereocenters. The van der Waals surface area contributed by atoms with Crippen LogP contribution in [0.3, 0.4) is 0 Å². The Kier molecular flexibility index (Phi) is 6.19. The van der Waals surface area contributed by atoms with Gasteiger partial charge in [0.05, 0.1) is 0 Å². The van der Waals surface area contributed by atoms with Crippen molar-refractivity contribution in [2.24, 2.45) is 0 Å². The fourth-order valence-electron chi connectivity index (χ4n) is 1.66. The maximum absolute atomic E-state index is 12.0. The van der Waals surface area contributed by atoms with Crippen molar-refractivity contribution in [3.8, 4) is 5.75 Å². The fourth-order valence-corrected chi connectivity index (χ4v) is 1.66. The molecule has 1 aromatic rings. The van der Waals surface area contributed by atoms with Gasteiger partial charge in [0.25, 0.3) is 0 Å². The Morgan fingerprint density at radius 1 is 1.15 bits per heavy atom. The molecule has 20 heavy (non-hydrogen) atoms. The summed E-state index contributed by atoms with van der Waals surface area (Å²) in [5.41, 5.74) is 0.790. The van der Waals surface area contributed by atoms with Gasteiger partial charge in [-0.15, -0.1) is 0 Å². The summed E-state index contributed by atoms with van der Waals surface area (Å²) in [6, 6.07) is 5.83. The first-order valence-corrected chi connectivity index (χ1v) is 6.13. The molecule has 0 saturated carbocycles. The average molecular weight is 297 g/mol. The molecule has 1 unspecified atom stereocenters. The zero-order valence-corrected chi connectivity index (χ0v) is 10.9. The Balaban J connectivity index is 2.38. The van der Waals surface area contributed by atoms with Crippen molar-refractivity contribution < 1.29 is 26.7 Å². The first kappa shape index (κ1) is 16.7. The van der Waals surface area contributed by atoms with Crippen molar-refractivity contribution >= 4 is 0 Å². The van der Waals surface area contributed by atoms with Crippen LogP contribution in [-0.2, 0) is 0 Å². The molecule has 1 N–H and O–H groups in total. The minimum Gasteiger partial charge on any atom is -0.435 e. The smallest absolute Gasteiger partial charge is 0.389 e. The Morgan fingerprint density at radius 2 is 1.75 bits per heavy atom. The summed E-state index contributed by atoms with van der Waals surface area (Å²) in [7, 11) is 0. The minimum atomic E-state index is -4.14. The molecule has 0 fully saturated rings. The maximum atomic E-state index is 12.0. The van der Waals surface area contributed by atoms with Crippen LogP contribution in [-0.4, -0.2) is 19.3 Å². The van der Waals surface area contributed by atoms with E-state index in [4.69, 9.17) is 0 Å². The molecular formula is C13H16F5NO. The van der Waals surface area contributed by atoms with E-state index in [-0.39, 0.29) is 24.8 Å². The fraction of sp³-hybridized carbons (Fsp3) is 0.538. The summed E-state index contributed by atoms with van der Waals surface area (Å²) >= 11 is 0. The number of benzene rings is 1. The normalized spacial score (nSPS) is 13.6. The highest BCUT2D eigenvalue weighted by molar-refractivity contribution is 5.28. The lowest BCUT2D eigenvalue weighted by molar-refractivity contribution is -0.135. The van der Waals surface area contributed by atoms with Gasteiger partial charge in [0.1, 0.15) is 5.75 Å². The molecule has 0 spiro atoms. The molecule has 0 aliphatic heterocycles.